The summed E-state index contributed by atoms with van der Waals surface area (Å²) in [6.45, 7) is 8.76. The first-order valence-corrected chi connectivity index (χ1v) is 13.8. The van der Waals surface area contributed by atoms with Crippen LogP contribution in [0.2, 0.25) is 0 Å². The number of anilines is 1. The van der Waals surface area contributed by atoms with Crippen molar-refractivity contribution in [1.82, 2.24) is 24.8 Å². The summed E-state index contributed by atoms with van der Waals surface area (Å²) in [7, 11) is 1.70. The van der Waals surface area contributed by atoms with Gasteiger partial charge in [-0.05, 0) is 49.8 Å². The predicted octanol–water partition coefficient (Wildman–Crippen LogP) is 3.84. The minimum atomic E-state index is 0.0505. The fraction of sp³-hybridized carbons (Fsp3) is 0.552. The van der Waals surface area contributed by atoms with Crippen molar-refractivity contribution in [2.75, 3.05) is 45.3 Å². The first-order chi connectivity index (χ1) is 18.5. The topological polar surface area (TPSA) is 93.0 Å². The van der Waals surface area contributed by atoms with Crippen LogP contribution in [0.5, 0.6) is 0 Å². The smallest absolute Gasteiger partial charge is 0.241 e. The van der Waals surface area contributed by atoms with Gasteiger partial charge in [0.25, 0.3) is 0 Å². The summed E-state index contributed by atoms with van der Waals surface area (Å²) in [5.74, 6) is 1.02. The van der Waals surface area contributed by atoms with Crippen LogP contribution < -0.4 is 10.6 Å². The minimum absolute atomic E-state index is 0.0505. The van der Waals surface area contributed by atoms with Gasteiger partial charge in [-0.15, -0.1) is 5.10 Å². The summed E-state index contributed by atoms with van der Waals surface area (Å²) in [6, 6.07) is 11.6. The summed E-state index contributed by atoms with van der Waals surface area (Å²) >= 11 is 0. The molecular formula is C29H40N6O3. The molecule has 2 fully saturated rings. The van der Waals surface area contributed by atoms with E-state index >= 15 is 0 Å². The lowest BCUT2D eigenvalue weighted by atomic mass is 9.84. The van der Waals surface area contributed by atoms with Gasteiger partial charge in [-0.25, -0.2) is 9.50 Å². The number of carbonyl (C=O) groups excluding carboxylic acids is 1. The first-order valence-electron chi connectivity index (χ1n) is 13.8. The average molecular weight is 521 g/mol. The quantitative estimate of drug-likeness (QED) is 0.443. The Kier molecular flexibility index (Phi) is 8.56. The number of hydrogen-bond acceptors (Lipinski definition) is 7. The normalized spacial score (nSPS) is 21.3. The Morgan fingerprint density at radius 3 is 2.58 bits per heavy atom. The van der Waals surface area contributed by atoms with Crippen molar-refractivity contribution in [2.24, 2.45) is 0 Å². The average Bonchev–Trinajstić information content (AvgIpc) is 3.29. The molecule has 0 radical (unpaired) electrons. The highest BCUT2D eigenvalue weighted by Gasteiger charge is 2.27. The van der Waals surface area contributed by atoms with Gasteiger partial charge in [0.15, 0.2) is 0 Å². The number of benzene rings is 1. The van der Waals surface area contributed by atoms with E-state index in [1.54, 1.807) is 14.0 Å². The summed E-state index contributed by atoms with van der Waals surface area (Å²) < 4.78 is 12.8. The molecule has 2 aliphatic rings. The highest BCUT2D eigenvalue weighted by molar-refractivity contribution is 5.81. The molecule has 1 saturated heterocycles. The molecule has 1 unspecified atom stereocenters. The van der Waals surface area contributed by atoms with Crippen LogP contribution in [0.3, 0.4) is 0 Å². The second-order valence-corrected chi connectivity index (χ2v) is 10.7. The van der Waals surface area contributed by atoms with E-state index in [-0.39, 0.29) is 18.0 Å². The van der Waals surface area contributed by atoms with Gasteiger partial charge in [-0.2, -0.15) is 0 Å². The Balaban J connectivity index is 1.42. The van der Waals surface area contributed by atoms with E-state index in [1.165, 1.54) is 16.8 Å². The zero-order chi connectivity index (χ0) is 26.5. The zero-order valence-corrected chi connectivity index (χ0v) is 22.8. The molecule has 2 N–H and O–H groups in total. The molecule has 204 valence electrons. The number of aromatic nitrogens is 3. The number of nitrogens with zero attached hydrogens (tertiary/aromatic N) is 4. The number of hydrogen-bond donors (Lipinski definition) is 2. The van der Waals surface area contributed by atoms with E-state index in [1.807, 2.05) is 6.20 Å². The van der Waals surface area contributed by atoms with Gasteiger partial charge in [0.2, 0.25) is 11.9 Å². The maximum atomic E-state index is 11.5. The number of ether oxygens (including phenoxy) is 2. The lowest BCUT2D eigenvalue weighted by molar-refractivity contribution is -0.119. The summed E-state index contributed by atoms with van der Waals surface area (Å²) in [5.41, 5.74) is 5.85. The number of rotatable bonds is 9. The summed E-state index contributed by atoms with van der Waals surface area (Å²) in [6.07, 6.45) is 5.91. The van der Waals surface area contributed by atoms with Crippen molar-refractivity contribution in [1.29, 1.82) is 0 Å². The van der Waals surface area contributed by atoms with Crippen LogP contribution in [0.25, 0.3) is 16.6 Å². The van der Waals surface area contributed by atoms with Crippen LogP contribution >= 0.6 is 0 Å². The number of carbonyl (C=O) groups is 1. The van der Waals surface area contributed by atoms with Crippen molar-refractivity contribution in [3.8, 4) is 11.1 Å². The highest BCUT2D eigenvalue weighted by atomic mass is 16.5. The molecule has 9 heteroatoms. The summed E-state index contributed by atoms with van der Waals surface area (Å²) in [4.78, 5) is 18.6. The molecule has 38 heavy (non-hydrogen) atoms. The standard InChI is InChI=1S/C29H40N6O3/c1-20(19-37-3)31-29-30-17-28-26(23-6-4-22(5-7-23)18-34-12-14-38-15-13-34)16-27(35(28)33-29)24-8-10-25(11-9-24)32-21(2)36/h4-7,16-17,20,24-25H,8-15,18-19H2,1-3H3,(H,31,33)(H,32,36)/t20?,24-,25-. The molecule has 1 atom stereocenters. The van der Waals surface area contributed by atoms with Gasteiger partial charge in [-0.1, -0.05) is 24.3 Å². The third-order valence-corrected chi connectivity index (χ3v) is 7.66. The van der Waals surface area contributed by atoms with Crippen LogP contribution in [0.4, 0.5) is 5.95 Å². The number of morpholine rings is 1. The molecule has 3 aromatic rings. The van der Waals surface area contributed by atoms with Crippen LogP contribution in [0, 0.1) is 0 Å². The van der Waals surface area contributed by atoms with E-state index < -0.39 is 0 Å². The third-order valence-electron chi connectivity index (χ3n) is 7.66. The number of fused-ring (bicyclic) bond motifs is 1. The molecule has 1 aliphatic carbocycles. The molecule has 1 amide bonds. The van der Waals surface area contributed by atoms with Gasteiger partial charge < -0.3 is 20.1 Å². The Morgan fingerprint density at radius 2 is 1.89 bits per heavy atom. The highest BCUT2D eigenvalue weighted by Crippen LogP contribution is 2.37. The molecule has 9 nitrogen and oxygen atoms in total. The number of amides is 1. The molecule has 0 spiro atoms. The number of methoxy groups -OCH3 is 1. The van der Waals surface area contributed by atoms with E-state index in [9.17, 15) is 4.79 Å². The minimum Gasteiger partial charge on any atom is -0.383 e. The fourth-order valence-corrected chi connectivity index (χ4v) is 5.74. The van der Waals surface area contributed by atoms with E-state index in [0.717, 1.165) is 69.6 Å². The van der Waals surface area contributed by atoms with Gasteiger partial charge in [0, 0.05) is 62.9 Å². The van der Waals surface area contributed by atoms with Gasteiger partial charge in [0.1, 0.15) is 0 Å². The summed E-state index contributed by atoms with van der Waals surface area (Å²) in [5, 5.41) is 11.4. The van der Waals surface area contributed by atoms with E-state index in [0.29, 0.717) is 18.5 Å². The van der Waals surface area contributed by atoms with Crippen LogP contribution in [-0.4, -0.2) is 77.5 Å². The van der Waals surface area contributed by atoms with Crippen LogP contribution in [-0.2, 0) is 20.8 Å². The molecular weight excluding hydrogens is 480 g/mol. The fourth-order valence-electron chi connectivity index (χ4n) is 5.74. The molecule has 1 aromatic carbocycles. The van der Waals surface area contributed by atoms with Crippen molar-refractivity contribution < 1.29 is 14.3 Å². The van der Waals surface area contributed by atoms with Gasteiger partial charge in [-0.3, -0.25) is 9.69 Å². The first kappa shape index (κ1) is 26.6. The zero-order valence-electron chi connectivity index (χ0n) is 22.8. The lowest BCUT2D eigenvalue weighted by Gasteiger charge is -2.28. The van der Waals surface area contributed by atoms with Crippen molar-refractivity contribution in [3.05, 3.63) is 47.8 Å². The van der Waals surface area contributed by atoms with Crippen LogP contribution in [0.1, 0.15) is 56.7 Å². The molecule has 1 saturated carbocycles. The third kappa shape index (κ3) is 6.34. The SMILES string of the molecule is COCC(C)Nc1ncc2c(-c3ccc(CN4CCOCC4)cc3)cc([C@H]3CC[C@H](NC(C)=O)CC3)n2n1. The van der Waals surface area contributed by atoms with Gasteiger partial charge in [0.05, 0.1) is 31.5 Å². The maximum absolute atomic E-state index is 11.5. The molecule has 1 aliphatic heterocycles. The largest absolute Gasteiger partial charge is 0.383 e. The lowest BCUT2D eigenvalue weighted by Crippen LogP contribution is -2.36. The molecule has 3 heterocycles. The second-order valence-electron chi connectivity index (χ2n) is 10.7. The number of nitrogens with one attached hydrogen (secondary N) is 2. The Bertz CT molecular complexity index is 1210. The Labute approximate surface area is 224 Å². The Morgan fingerprint density at radius 1 is 1.16 bits per heavy atom. The Hall–Kier alpha value is -3.01. The van der Waals surface area contributed by atoms with Crippen molar-refractivity contribution >= 4 is 17.4 Å². The van der Waals surface area contributed by atoms with E-state index in [2.05, 4.69) is 62.3 Å². The monoisotopic (exact) mass is 520 g/mol. The van der Waals surface area contributed by atoms with Crippen molar-refractivity contribution in [2.45, 2.75) is 64.1 Å². The second kappa shape index (κ2) is 12.2. The molecule has 0 bridgehead atoms. The predicted molar refractivity (Wildman–Crippen MR) is 148 cm³/mol. The van der Waals surface area contributed by atoms with E-state index in [4.69, 9.17) is 14.6 Å². The van der Waals surface area contributed by atoms with Crippen LogP contribution in [0.15, 0.2) is 36.5 Å². The molecule has 5 rings (SSSR count). The maximum Gasteiger partial charge on any atom is 0.241 e. The molecule has 2 aromatic heterocycles. The van der Waals surface area contributed by atoms with Gasteiger partial charge >= 0.3 is 0 Å². The van der Waals surface area contributed by atoms with Crippen molar-refractivity contribution in [3.63, 3.8) is 0 Å².